The van der Waals surface area contributed by atoms with Gasteiger partial charge in [0, 0.05) is 0 Å². The summed E-state index contributed by atoms with van der Waals surface area (Å²) < 4.78 is 0. The molecule has 1 aliphatic heterocycles. The fourth-order valence-electron chi connectivity index (χ4n) is 1.26. The highest BCUT2D eigenvalue weighted by atomic mass is 15.2. The molecule has 0 saturated heterocycles. The lowest BCUT2D eigenvalue weighted by Crippen LogP contribution is -2.48. The predicted octanol–water partition coefficient (Wildman–Crippen LogP) is 1.05. The van der Waals surface area contributed by atoms with E-state index in [1.807, 2.05) is 0 Å². The second-order valence-corrected chi connectivity index (χ2v) is 3.41. The lowest BCUT2D eigenvalue weighted by molar-refractivity contribution is 0.186. The van der Waals surface area contributed by atoms with E-state index >= 15 is 0 Å². The smallest absolute Gasteiger partial charge is 0.126 e. The molecule has 1 rings (SSSR count). The van der Waals surface area contributed by atoms with Crippen molar-refractivity contribution in [2.24, 2.45) is 0 Å². The first kappa shape index (κ1) is 8.77. The number of rotatable bonds is 0. The lowest BCUT2D eigenvalue weighted by Gasteiger charge is -2.32. The Morgan fingerprint density at radius 2 is 1.42 bits per heavy atom. The fraction of sp³-hybridized carbons (Fsp3) is 0.556. The Morgan fingerprint density at radius 3 is 1.58 bits per heavy atom. The fourth-order valence-corrected chi connectivity index (χ4v) is 1.26. The van der Waals surface area contributed by atoms with E-state index in [0.29, 0.717) is 0 Å². The van der Waals surface area contributed by atoms with E-state index in [-0.39, 0.29) is 0 Å². The van der Waals surface area contributed by atoms with Crippen LogP contribution in [0.2, 0.25) is 0 Å². The summed E-state index contributed by atoms with van der Waals surface area (Å²) in [6, 6.07) is 4.34. The Labute approximate surface area is 72.5 Å². The molecule has 0 aromatic heterocycles. The number of likely N-dealkylation sites (N-methyl/N-ethyl adjacent to an activating group) is 1. The van der Waals surface area contributed by atoms with Crippen molar-refractivity contribution in [3.63, 3.8) is 0 Å². The average molecular weight is 161 g/mol. The Bertz CT molecular complexity index is 277. The molecule has 2 unspecified atom stereocenters. The quantitative estimate of drug-likeness (QED) is 0.499. The number of hydrogen-bond acceptors (Lipinski definition) is 3. The van der Waals surface area contributed by atoms with Gasteiger partial charge in [0.25, 0.3) is 0 Å². The van der Waals surface area contributed by atoms with Gasteiger partial charge < -0.3 is 0 Å². The van der Waals surface area contributed by atoms with E-state index in [9.17, 15) is 0 Å². The molecular weight excluding hydrogens is 150 g/mol. The molecule has 0 fully saturated rings. The average Bonchev–Trinajstić information content (AvgIpc) is 2.32. The first-order chi connectivity index (χ1) is 5.48. The van der Waals surface area contributed by atoms with Crippen LogP contribution in [0.3, 0.4) is 0 Å². The largest absolute Gasteiger partial charge is 0.264 e. The van der Waals surface area contributed by atoms with Gasteiger partial charge in [-0.1, -0.05) is 12.2 Å². The summed E-state index contributed by atoms with van der Waals surface area (Å²) >= 11 is 0. The minimum Gasteiger partial charge on any atom is -0.264 e. The molecule has 0 bridgehead atoms. The molecule has 3 nitrogen and oxygen atoms in total. The molecule has 0 aliphatic carbocycles. The van der Waals surface area contributed by atoms with E-state index in [4.69, 9.17) is 10.5 Å². The van der Waals surface area contributed by atoms with E-state index in [1.165, 1.54) is 0 Å². The summed E-state index contributed by atoms with van der Waals surface area (Å²) in [5.74, 6) is 0. The minimum absolute atomic E-state index is 0.634. The summed E-state index contributed by atoms with van der Waals surface area (Å²) in [6.45, 7) is 3.60. The van der Waals surface area contributed by atoms with Gasteiger partial charge >= 0.3 is 0 Å². The standard InChI is InChI=1S/C9H11N3/c1-8(6-10)4-5-9(2,7-11)12(8)3/h4-5H,1-3H3. The summed E-state index contributed by atoms with van der Waals surface area (Å²) in [5, 5.41) is 17.7. The van der Waals surface area contributed by atoms with Crippen molar-refractivity contribution in [3.05, 3.63) is 12.2 Å². The molecule has 0 saturated carbocycles. The lowest BCUT2D eigenvalue weighted by atomic mass is 10.0. The highest BCUT2D eigenvalue weighted by Gasteiger charge is 2.43. The predicted molar refractivity (Wildman–Crippen MR) is 44.9 cm³/mol. The molecule has 0 N–H and O–H groups in total. The molecule has 1 heterocycles. The molecule has 2 atom stereocenters. The van der Waals surface area contributed by atoms with Crippen molar-refractivity contribution in [2.75, 3.05) is 7.05 Å². The molecular formula is C9H11N3. The molecule has 12 heavy (non-hydrogen) atoms. The molecule has 0 aromatic rings. The van der Waals surface area contributed by atoms with Gasteiger partial charge in [0.15, 0.2) is 0 Å². The molecule has 0 radical (unpaired) electrons. The van der Waals surface area contributed by atoms with Crippen LogP contribution >= 0.6 is 0 Å². The van der Waals surface area contributed by atoms with Crippen LogP contribution in [-0.2, 0) is 0 Å². The molecule has 3 heteroatoms. The van der Waals surface area contributed by atoms with Crippen molar-refractivity contribution in [1.29, 1.82) is 10.5 Å². The van der Waals surface area contributed by atoms with Crippen LogP contribution in [0.15, 0.2) is 12.2 Å². The van der Waals surface area contributed by atoms with Gasteiger partial charge in [-0.15, -0.1) is 0 Å². The second kappa shape index (κ2) is 2.33. The topological polar surface area (TPSA) is 50.8 Å². The number of hydrogen-bond donors (Lipinski definition) is 0. The van der Waals surface area contributed by atoms with E-state index in [2.05, 4.69) is 12.1 Å². The second-order valence-electron chi connectivity index (χ2n) is 3.41. The van der Waals surface area contributed by atoms with Gasteiger partial charge in [-0.05, 0) is 20.9 Å². The van der Waals surface area contributed by atoms with Crippen molar-refractivity contribution in [2.45, 2.75) is 24.9 Å². The van der Waals surface area contributed by atoms with E-state index < -0.39 is 11.1 Å². The molecule has 62 valence electrons. The summed E-state index contributed by atoms with van der Waals surface area (Å²) in [6.07, 6.45) is 3.55. The molecule has 0 spiro atoms. The Morgan fingerprint density at radius 1 is 1.08 bits per heavy atom. The van der Waals surface area contributed by atoms with Gasteiger partial charge in [-0.2, -0.15) is 10.5 Å². The third-order valence-corrected chi connectivity index (χ3v) is 2.58. The monoisotopic (exact) mass is 161 g/mol. The Hall–Kier alpha value is -1.32. The Balaban J connectivity index is 3.08. The van der Waals surface area contributed by atoms with Gasteiger partial charge in [0.1, 0.15) is 11.1 Å². The van der Waals surface area contributed by atoms with Gasteiger partial charge in [-0.3, -0.25) is 4.90 Å². The Kier molecular flexibility index (Phi) is 1.71. The summed E-state index contributed by atoms with van der Waals surface area (Å²) in [4.78, 5) is 1.76. The summed E-state index contributed by atoms with van der Waals surface area (Å²) in [7, 11) is 1.78. The SMILES string of the molecule is CN1C(C)(C#N)C=CC1(C)C#N. The van der Waals surface area contributed by atoms with Crippen LogP contribution in [0.1, 0.15) is 13.8 Å². The van der Waals surface area contributed by atoms with Crippen molar-refractivity contribution >= 4 is 0 Å². The summed E-state index contributed by atoms with van der Waals surface area (Å²) in [5.41, 5.74) is -1.27. The van der Waals surface area contributed by atoms with E-state index in [0.717, 1.165) is 0 Å². The van der Waals surface area contributed by atoms with Crippen LogP contribution in [0.5, 0.6) is 0 Å². The van der Waals surface area contributed by atoms with Crippen molar-refractivity contribution in [1.82, 2.24) is 4.90 Å². The van der Waals surface area contributed by atoms with Crippen LogP contribution in [0.25, 0.3) is 0 Å². The number of nitrogens with zero attached hydrogens (tertiary/aromatic N) is 3. The van der Waals surface area contributed by atoms with Gasteiger partial charge in [-0.25, -0.2) is 0 Å². The maximum absolute atomic E-state index is 8.87. The van der Waals surface area contributed by atoms with Crippen LogP contribution in [0.4, 0.5) is 0 Å². The maximum Gasteiger partial charge on any atom is 0.126 e. The highest BCUT2D eigenvalue weighted by Crippen LogP contribution is 2.31. The van der Waals surface area contributed by atoms with E-state index in [1.54, 1.807) is 37.9 Å². The molecule has 1 aliphatic rings. The van der Waals surface area contributed by atoms with Gasteiger partial charge in [0.05, 0.1) is 12.1 Å². The first-order valence-corrected chi connectivity index (χ1v) is 3.75. The van der Waals surface area contributed by atoms with Crippen molar-refractivity contribution < 1.29 is 0 Å². The van der Waals surface area contributed by atoms with Gasteiger partial charge in [0.2, 0.25) is 0 Å². The number of nitriles is 2. The zero-order valence-corrected chi connectivity index (χ0v) is 7.50. The van der Waals surface area contributed by atoms with Crippen LogP contribution in [-0.4, -0.2) is 23.0 Å². The minimum atomic E-state index is -0.634. The molecule has 0 amide bonds. The third-order valence-electron chi connectivity index (χ3n) is 2.58. The maximum atomic E-state index is 8.87. The first-order valence-electron chi connectivity index (χ1n) is 3.75. The van der Waals surface area contributed by atoms with Crippen LogP contribution < -0.4 is 0 Å². The normalized spacial score (nSPS) is 40.8. The zero-order chi connectivity index (χ0) is 9.41. The highest BCUT2D eigenvalue weighted by molar-refractivity contribution is 5.35. The zero-order valence-electron chi connectivity index (χ0n) is 7.50. The van der Waals surface area contributed by atoms with Crippen LogP contribution in [0, 0.1) is 22.7 Å². The van der Waals surface area contributed by atoms with Crippen molar-refractivity contribution in [3.8, 4) is 12.1 Å². The molecule has 0 aromatic carbocycles. The third kappa shape index (κ3) is 0.913.